The Labute approximate surface area is 150 Å². The molecule has 2 heterocycles. The first-order valence-electron chi connectivity index (χ1n) is 8.38. The minimum absolute atomic E-state index is 0.251. The number of rotatable bonds is 6. The lowest BCUT2D eigenvalue weighted by Crippen LogP contribution is -2.50. The van der Waals surface area contributed by atoms with E-state index < -0.39 is 18.7 Å². The van der Waals surface area contributed by atoms with Gasteiger partial charge in [0.25, 0.3) is 5.91 Å². The van der Waals surface area contributed by atoms with Gasteiger partial charge >= 0.3 is 5.97 Å². The lowest BCUT2D eigenvalue weighted by atomic mass is 10.1. The molecule has 2 aromatic rings. The number of carbonyl (C=O) groups is 2. The summed E-state index contributed by atoms with van der Waals surface area (Å²) in [5, 5.41) is 12.6. The normalized spacial score (nSPS) is 20.1. The standard InChI is InChI=1S/C18H22N2O6/c1-10-12-7-11(24-2)3-4-13(12)19-17(10)18(23)20-14-5-6-25-8-15(14)26-9-16(21)22/h3-4,7,14-15,19H,5-6,8-9H2,1-2H3,(H,20,23)(H,21,22)/t14-,15-/m1/s1. The highest BCUT2D eigenvalue weighted by Gasteiger charge is 2.29. The molecular weight excluding hydrogens is 340 g/mol. The van der Waals surface area contributed by atoms with Gasteiger partial charge in [-0.3, -0.25) is 4.79 Å². The predicted octanol–water partition coefficient (Wildman–Crippen LogP) is 1.47. The number of hydrogen-bond acceptors (Lipinski definition) is 5. The van der Waals surface area contributed by atoms with Gasteiger partial charge < -0.3 is 29.6 Å². The summed E-state index contributed by atoms with van der Waals surface area (Å²) in [6.45, 7) is 2.18. The number of carbonyl (C=O) groups excluding carboxylic acids is 1. The third-order valence-electron chi connectivity index (χ3n) is 4.53. The molecule has 1 amide bonds. The first kappa shape index (κ1) is 18.2. The van der Waals surface area contributed by atoms with Crippen LogP contribution in [-0.4, -0.2) is 61.0 Å². The Morgan fingerprint density at radius 2 is 2.23 bits per heavy atom. The van der Waals surface area contributed by atoms with Crippen LogP contribution in [0, 0.1) is 6.92 Å². The summed E-state index contributed by atoms with van der Waals surface area (Å²) >= 11 is 0. The number of carboxylic acid groups (broad SMARTS) is 1. The van der Waals surface area contributed by atoms with Gasteiger partial charge in [0.1, 0.15) is 24.2 Å². The maximum atomic E-state index is 12.8. The number of ether oxygens (including phenoxy) is 3. The van der Waals surface area contributed by atoms with E-state index in [0.717, 1.165) is 22.2 Å². The molecule has 0 aliphatic carbocycles. The number of aromatic nitrogens is 1. The molecule has 1 aromatic carbocycles. The Morgan fingerprint density at radius 1 is 1.42 bits per heavy atom. The first-order valence-corrected chi connectivity index (χ1v) is 8.38. The lowest BCUT2D eigenvalue weighted by molar-refractivity contribution is -0.148. The van der Waals surface area contributed by atoms with Gasteiger partial charge in [-0.2, -0.15) is 0 Å². The molecule has 8 nitrogen and oxygen atoms in total. The van der Waals surface area contributed by atoms with Crippen molar-refractivity contribution in [2.24, 2.45) is 0 Å². The Hall–Kier alpha value is -2.58. The van der Waals surface area contributed by atoms with Crippen molar-refractivity contribution >= 4 is 22.8 Å². The van der Waals surface area contributed by atoms with Crippen LogP contribution < -0.4 is 10.1 Å². The average Bonchev–Trinajstić information content (AvgIpc) is 2.97. The van der Waals surface area contributed by atoms with Gasteiger partial charge in [0.2, 0.25) is 0 Å². The van der Waals surface area contributed by atoms with Crippen LogP contribution in [-0.2, 0) is 14.3 Å². The van der Waals surface area contributed by atoms with E-state index in [-0.39, 0.29) is 18.6 Å². The lowest BCUT2D eigenvalue weighted by Gasteiger charge is -2.31. The number of aryl methyl sites for hydroxylation is 1. The van der Waals surface area contributed by atoms with E-state index in [9.17, 15) is 9.59 Å². The molecule has 0 unspecified atom stereocenters. The van der Waals surface area contributed by atoms with Crippen LogP contribution in [0.3, 0.4) is 0 Å². The molecule has 8 heteroatoms. The number of aliphatic carboxylic acids is 1. The van der Waals surface area contributed by atoms with Crippen LogP contribution in [0.4, 0.5) is 0 Å². The van der Waals surface area contributed by atoms with Gasteiger partial charge in [-0.25, -0.2) is 4.79 Å². The molecule has 3 rings (SSSR count). The molecule has 140 valence electrons. The topological polar surface area (TPSA) is 110 Å². The average molecular weight is 362 g/mol. The number of fused-ring (bicyclic) bond motifs is 1. The third-order valence-corrected chi connectivity index (χ3v) is 4.53. The first-order chi connectivity index (χ1) is 12.5. The van der Waals surface area contributed by atoms with Crippen molar-refractivity contribution in [2.75, 3.05) is 26.9 Å². The summed E-state index contributed by atoms with van der Waals surface area (Å²) in [6, 6.07) is 5.26. The van der Waals surface area contributed by atoms with Gasteiger partial charge in [0, 0.05) is 17.5 Å². The van der Waals surface area contributed by atoms with Crippen molar-refractivity contribution in [3.8, 4) is 5.75 Å². The Bertz CT molecular complexity index is 815. The Kier molecular flexibility index (Phi) is 5.43. The molecule has 0 saturated carbocycles. The van der Waals surface area contributed by atoms with Gasteiger partial charge in [0.05, 0.1) is 19.8 Å². The Balaban J connectivity index is 1.77. The summed E-state index contributed by atoms with van der Waals surface area (Å²) < 4.78 is 15.9. The van der Waals surface area contributed by atoms with E-state index in [2.05, 4.69) is 10.3 Å². The van der Waals surface area contributed by atoms with Crippen LogP contribution in [0.5, 0.6) is 5.75 Å². The molecule has 0 radical (unpaired) electrons. The van der Waals surface area contributed by atoms with Gasteiger partial charge in [-0.1, -0.05) is 0 Å². The fourth-order valence-electron chi connectivity index (χ4n) is 3.12. The van der Waals surface area contributed by atoms with Crippen LogP contribution in [0.1, 0.15) is 22.5 Å². The second-order valence-electron chi connectivity index (χ2n) is 6.22. The molecule has 1 fully saturated rings. The van der Waals surface area contributed by atoms with Crippen LogP contribution in [0.25, 0.3) is 10.9 Å². The molecule has 1 aromatic heterocycles. The SMILES string of the molecule is COc1ccc2[nH]c(C(=O)N[C@@H]3CCOC[C@H]3OCC(=O)O)c(C)c2c1. The van der Waals surface area contributed by atoms with Gasteiger partial charge in [-0.05, 0) is 37.1 Å². The van der Waals surface area contributed by atoms with Crippen LogP contribution >= 0.6 is 0 Å². The van der Waals surface area contributed by atoms with Crippen molar-refractivity contribution in [3.05, 3.63) is 29.5 Å². The quantitative estimate of drug-likeness (QED) is 0.718. The molecule has 1 aliphatic rings. The number of benzene rings is 1. The molecule has 26 heavy (non-hydrogen) atoms. The minimum atomic E-state index is -1.05. The van der Waals surface area contributed by atoms with E-state index in [1.54, 1.807) is 7.11 Å². The summed E-state index contributed by atoms with van der Waals surface area (Å²) in [5.74, 6) is -0.590. The molecule has 0 bridgehead atoms. The summed E-state index contributed by atoms with van der Waals surface area (Å²) in [7, 11) is 1.60. The summed E-state index contributed by atoms with van der Waals surface area (Å²) in [5.41, 5.74) is 2.14. The minimum Gasteiger partial charge on any atom is -0.497 e. The van der Waals surface area contributed by atoms with Gasteiger partial charge in [0.15, 0.2) is 0 Å². The number of hydrogen-bond donors (Lipinski definition) is 3. The number of amides is 1. The highest BCUT2D eigenvalue weighted by molar-refractivity contribution is 6.01. The molecule has 3 N–H and O–H groups in total. The summed E-state index contributed by atoms with van der Waals surface area (Å²) in [4.78, 5) is 26.6. The Morgan fingerprint density at radius 3 is 2.96 bits per heavy atom. The summed E-state index contributed by atoms with van der Waals surface area (Å²) in [6.07, 6.45) is 0.0666. The van der Waals surface area contributed by atoms with E-state index in [1.807, 2.05) is 25.1 Å². The zero-order valence-corrected chi connectivity index (χ0v) is 14.7. The number of methoxy groups -OCH3 is 1. The predicted molar refractivity (Wildman–Crippen MR) is 93.7 cm³/mol. The monoisotopic (exact) mass is 362 g/mol. The number of H-pyrrole nitrogens is 1. The molecule has 1 saturated heterocycles. The van der Waals surface area contributed by atoms with Crippen molar-refractivity contribution in [2.45, 2.75) is 25.5 Å². The highest BCUT2D eigenvalue weighted by Crippen LogP contribution is 2.26. The fraction of sp³-hybridized carbons (Fsp3) is 0.444. The largest absolute Gasteiger partial charge is 0.497 e. The zero-order valence-electron chi connectivity index (χ0n) is 14.7. The van der Waals surface area contributed by atoms with Crippen LogP contribution in [0.2, 0.25) is 0 Å². The van der Waals surface area contributed by atoms with E-state index in [1.165, 1.54) is 0 Å². The van der Waals surface area contributed by atoms with Crippen molar-refractivity contribution in [1.82, 2.24) is 10.3 Å². The fourth-order valence-corrected chi connectivity index (χ4v) is 3.12. The van der Waals surface area contributed by atoms with Crippen LogP contribution in [0.15, 0.2) is 18.2 Å². The van der Waals surface area contributed by atoms with E-state index >= 15 is 0 Å². The number of carboxylic acids is 1. The molecule has 0 spiro atoms. The van der Waals surface area contributed by atoms with Crippen molar-refractivity contribution in [1.29, 1.82) is 0 Å². The maximum Gasteiger partial charge on any atom is 0.329 e. The molecule has 2 atom stereocenters. The van der Waals surface area contributed by atoms with Gasteiger partial charge in [-0.15, -0.1) is 0 Å². The van der Waals surface area contributed by atoms with Crippen molar-refractivity contribution in [3.63, 3.8) is 0 Å². The zero-order chi connectivity index (χ0) is 18.7. The second-order valence-corrected chi connectivity index (χ2v) is 6.22. The van der Waals surface area contributed by atoms with Crippen molar-refractivity contribution < 1.29 is 28.9 Å². The molecular formula is C18H22N2O6. The smallest absolute Gasteiger partial charge is 0.329 e. The molecule has 1 aliphatic heterocycles. The maximum absolute atomic E-state index is 12.8. The van der Waals surface area contributed by atoms with E-state index in [0.29, 0.717) is 18.7 Å². The second kappa shape index (κ2) is 7.76. The third kappa shape index (κ3) is 3.81. The number of nitrogens with one attached hydrogen (secondary N) is 2. The number of aromatic amines is 1. The van der Waals surface area contributed by atoms with E-state index in [4.69, 9.17) is 19.3 Å². The highest BCUT2D eigenvalue weighted by atomic mass is 16.5.